The van der Waals surface area contributed by atoms with Crippen LogP contribution in [0, 0.1) is 17.8 Å². The topological polar surface area (TPSA) is 139 Å². The first-order valence-corrected chi connectivity index (χ1v) is 16.6. The molecule has 2 N–H and O–H groups in total. The van der Waals surface area contributed by atoms with Gasteiger partial charge < -0.3 is 29.5 Å². The van der Waals surface area contributed by atoms with Crippen LogP contribution >= 0.6 is 0 Å². The van der Waals surface area contributed by atoms with Crippen molar-refractivity contribution in [2.75, 3.05) is 39.8 Å². The van der Waals surface area contributed by atoms with E-state index in [0.29, 0.717) is 31.8 Å². The number of carbonyl (C=O) groups excluding carboxylic acids is 4. The van der Waals surface area contributed by atoms with Crippen molar-refractivity contribution in [3.8, 4) is 0 Å². The zero-order valence-corrected chi connectivity index (χ0v) is 28.6. The van der Waals surface area contributed by atoms with E-state index in [1.165, 1.54) is 4.57 Å². The van der Waals surface area contributed by atoms with Crippen LogP contribution in [-0.2, 0) is 19.1 Å². The molecule has 1 fully saturated rings. The molecule has 11 nitrogen and oxygen atoms in total. The number of ether oxygens (including phenoxy) is 2. The Labute approximate surface area is 282 Å². The maximum absolute atomic E-state index is 13.5. The van der Waals surface area contributed by atoms with Crippen molar-refractivity contribution in [3.63, 3.8) is 0 Å². The second-order valence-electron chi connectivity index (χ2n) is 13.5. The van der Waals surface area contributed by atoms with E-state index < -0.39 is 53.4 Å². The number of piperazine rings is 1. The first kappa shape index (κ1) is 36.8. The largest absolute Gasteiger partial charge is 0.448 e. The summed E-state index contributed by atoms with van der Waals surface area (Å²) in [5, 5.41) is 22.9. The normalized spacial score (nSPS) is 28.1. The minimum atomic E-state index is -1.52. The number of para-hydroxylation sites is 1. The molecule has 1 aliphatic heterocycles. The van der Waals surface area contributed by atoms with E-state index in [1.807, 2.05) is 50.4 Å². The highest BCUT2D eigenvalue weighted by molar-refractivity contribution is 6.38. The summed E-state index contributed by atoms with van der Waals surface area (Å²) >= 11 is 0. The van der Waals surface area contributed by atoms with Crippen molar-refractivity contribution in [2.24, 2.45) is 17.8 Å². The number of nitrogens with zero attached hydrogens (tertiary/aromatic N) is 3. The molecule has 6 atom stereocenters. The van der Waals surface area contributed by atoms with E-state index in [2.05, 4.69) is 4.90 Å². The van der Waals surface area contributed by atoms with E-state index in [0.717, 1.165) is 10.9 Å². The Bertz CT molecular complexity index is 1550. The number of ketones is 2. The molecule has 260 valence electrons. The molecule has 2 aromatic rings. The average Bonchev–Trinajstić information content (AvgIpc) is 3.49. The molecule has 1 amide bonds. The van der Waals surface area contributed by atoms with Crippen LogP contribution in [0.4, 0.5) is 9.59 Å². The van der Waals surface area contributed by atoms with Crippen LogP contribution in [0.5, 0.6) is 0 Å². The Morgan fingerprint density at radius 3 is 2.52 bits per heavy atom. The van der Waals surface area contributed by atoms with E-state index >= 15 is 0 Å². The third-order valence-corrected chi connectivity index (χ3v) is 9.23. The van der Waals surface area contributed by atoms with E-state index in [9.17, 15) is 29.4 Å². The van der Waals surface area contributed by atoms with Gasteiger partial charge in [0.2, 0.25) is 11.6 Å². The Balaban J connectivity index is 1.47. The zero-order chi connectivity index (χ0) is 35.0. The summed E-state index contributed by atoms with van der Waals surface area (Å²) in [6.45, 7) is 9.56. The van der Waals surface area contributed by atoms with Crippen molar-refractivity contribution in [3.05, 3.63) is 72.5 Å². The number of hydrogen-bond donors (Lipinski definition) is 2. The van der Waals surface area contributed by atoms with Gasteiger partial charge >= 0.3 is 12.2 Å². The molecular formula is C37H49N3O8. The number of benzene rings is 1. The Hall–Kier alpha value is -4.06. The molecule has 11 heteroatoms. The molecule has 0 radical (unpaired) electrons. The van der Waals surface area contributed by atoms with Gasteiger partial charge in [-0.05, 0) is 57.9 Å². The maximum Gasteiger partial charge on any atom is 0.418 e. The van der Waals surface area contributed by atoms with Gasteiger partial charge in [0.15, 0.2) is 6.10 Å². The van der Waals surface area contributed by atoms with Crippen LogP contribution in [-0.4, -0.2) is 106 Å². The number of fused-ring (bicyclic) bond motifs is 1. The van der Waals surface area contributed by atoms with Crippen LogP contribution in [0.2, 0.25) is 0 Å². The summed E-state index contributed by atoms with van der Waals surface area (Å²) in [6.07, 6.45) is 6.88. The monoisotopic (exact) mass is 663 g/mol. The number of allylic oxidation sites excluding steroid dienone is 4. The van der Waals surface area contributed by atoms with Gasteiger partial charge in [0.25, 0.3) is 0 Å². The molecule has 0 saturated carbocycles. The lowest BCUT2D eigenvalue weighted by Gasteiger charge is -2.36. The molecular weight excluding hydrogens is 614 g/mol. The molecule has 2 aliphatic rings. The number of aliphatic hydroxyl groups is 2. The lowest BCUT2D eigenvalue weighted by Crippen LogP contribution is -2.50. The van der Waals surface area contributed by atoms with Crippen LogP contribution < -0.4 is 0 Å². The predicted molar refractivity (Wildman–Crippen MR) is 182 cm³/mol. The highest BCUT2D eigenvalue weighted by Crippen LogP contribution is 2.29. The highest BCUT2D eigenvalue weighted by atomic mass is 16.6. The average molecular weight is 664 g/mol. The number of aliphatic hydroxyl groups excluding tert-OH is 1. The van der Waals surface area contributed by atoms with E-state index in [1.54, 1.807) is 56.2 Å². The number of aromatic nitrogens is 1. The van der Waals surface area contributed by atoms with Crippen LogP contribution in [0.3, 0.4) is 0 Å². The SMILES string of the molecule is C/C(=C\C=C\[C@@H](C)COC(=O)n1ccc2ccccc21)[C@H]1C(=O)C(=O)C[C@@H](O)CC[C@](C)(O)[C@@H](OC(=O)N2CCN(C)CC2)/C=C/[C@@H]1C. The lowest BCUT2D eigenvalue weighted by molar-refractivity contribution is -0.140. The fourth-order valence-corrected chi connectivity index (χ4v) is 6.06. The molecule has 1 aliphatic carbocycles. The molecule has 0 spiro atoms. The molecule has 48 heavy (non-hydrogen) atoms. The second-order valence-corrected chi connectivity index (χ2v) is 13.5. The summed E-state index contributed by atoms with van der Waals surface area (Å²) < 4.78 is 12.8. The number of Topliss-reactive ketones (excluding diaryl/α,β-unsaturated/α-hetero) is 2. The molecule has 1 aromatic heterocycles. The van der Waals surface area contributed by atoms with Crippen LogP contribution in [0.25, 0.3) is 10.9 Å². The molecule has 4 rings (SSSR count). The zero-order valence-electron chi connectivity index (χ0n) is 28.6. The molecule has 1 aromatic carbocycles. The first-order chi connectivity index (χ1) is 22.8. The Kier molecular flexibility index (Phi) is 12.5. The predicted octanol–water partition coefficient (Wildman–Crippen LogP) is 4.76. The molecule has 0 bridgehead atoms. The second kappa shape index (κ2) is 16.4. The molecule has 2 heterocycles. The van der Waals surface area contributed by atoms with Gasteiger partial charge in [-0.25, -0.2) is 9.59 Å². The van der Waals surface area contributed by atoms with Crippen LogP contribution in [0.1, 0.15) is 47.0 Å². The van der Waals surface area contributed by atoms with Crippen molar-refractivity contribution >= 4 is 34.7 Å². The minimum Gasteiger partial charge on any atom is -0.448 e. The van der Waals surface area contributed by atoms with Gasteiger partial charge in [0.05, 0.1) is 24.1 Å². The van der Waals surface area contributed by atoms with E-state index in [-0.39, 0.29) is 31.8 Å². The van der Waals surface area contributed by atoms with Gasteiger partial charge in [-0.1, -0.05) is 61.9 Å². The minimum absolute atomic E-state index is 0.0449. The van der Waals surface area contributed by atoms with Crippen molar-refractivity contribution in [1.29, 1.82) is 0 Å². The molecule has 0 unspecified atom stereocenters. The van der Waals surface area contributed by atoms with Gasteiger partial charge in [0, 0.05) is 50.1 Å². The summed E-state index contributed by atoms with van der Waals surface area (Å²) in [4.78, 5) is 56.0. The van der Waals surface area contributed by atoms with Gasteiger partial charge in [-0.3, -0.25) is 14.2 Å². The first-order valence-electron chi connectivity index (χ1n) is 16.6. The maximum atomic E-state index is 13.5. The third-order valence-electron chi connectivity index (χ3n) is 9.23. The third kappa shape index (κ3) is 9.52. The highest BCUT2D eigenvalue weighted by Gasteiger charge is 2.38. The van der Waals surface area contributed by atoms with Gasteiger partial charge in [0.1, 0.15) is 5.60 Å². The number of carbonyl (C=O) groups is 4. The summed E-state index contributed by atoms with van der Waals surface area (Å²) in [7, 11) is 1.98. The number of likely N-dealkylation sites (N-methyl/N-ethyl adjacent to an activating group) is 1. The van der Waals surface area contributed by atoms with Gasteiger partial charge in [-0.2, -0.15) is 0 Å². The fraction of sp³-hybridized carbons (Fsp3) is 0.514. The molecule has 1 saturated heterocycles. The quantitative estimate of drug-likeness (QED) is 0.255. The summed E-state index contributed by atoms with van der Waals surface area (Å²) in [6, 6.07) is 9.38. The Morgan fingerprint density at radius 2 is 1.79 bits per heavy atom. The fourth-order valence-electron chi connectivity index (χ4n) is 6.06. The van der Waals surface area contributed by atoms with Crippen molar-refractivity contribution < 1.29 is 38.9 Å². The lowest BCUT2D eigenvalue weighted by atomic mass is 9.79. The van der Waals surface area contributed by atoms with Crippen LogP contribution in [0.15, 0.2) is 72.5 Å². The standard InChI is InChI=1S/C37H49N3O8/c1-25(24-47-36(45)40-18-16-28-11-6-7-12-30(28)40)9-8-10-26(2)33-27(3)13-14-32(48-35(44)39-21-19-38(5)20-22-39)37(4,46)17-15-29(41)23-31(42)34(33)43/h6-14,16,18,25,27,29,32-33,41,46H,15,17,19-24H2,1-5H3/b9-8+,14-13+,26-10+/t25-,27+,29+,32+,33-,37+/m1/s1. The Morgan fingerprint density at radius 1 is 1.08 bits per heavy atom. The number of amides is 1. The smallest absolute Gasteiger partial charge is 0.418 e. The van der Waals surface area contributed by atoms with E-state index in [4.69, 9.17) is 9.47 Å². The summed E-state index contributed by atoms with van der Waals surface area (Å²) in [5.41, 5.74) is -0.142. The van der Waals surface area contributed by atoms with Crippen molar-refractivity contribution in [1.82, 2.24) is 14.4 Å². The van der Waals surface area contributed by atoms with Gasteiger partial charge in [-0.15, -0.1) is 0 Å². The number of rotatable bonds is 6. The number of hydrogen-bond acceptors (Lipinski definition) is 9. The summed E-state index contributed by atoms with van der Waals surface area (Å²) in [5.74, 6) is -2.79. The van der Waals surface area contributed by atoms with Crippen molar-refractivity contribution in [2.45, 2.75) is 64.8 Å².